The molecule has 1 aromatic carbocycles. The van der Waals surface area contributed by atoms with Crippen LogP contribution in [-0.4, -0.2) is 94.1 Å². The molecular formula is C20H31N3O5S. The molecule has 2 aliphatic heterocycles. The normalized spacial score (nSPS) is 20.7. The molecule has 1 N–H and O–H groups in total. The largest absolute Gasteiger partial charge is 0.493 e. The first-order chi connectivity index (χ1) is 14.2. The summed E-state index contributed by atoms with van der Waals surface area (Å²) in [5, 5.41) is 3.03. The third-order valence-corrected chi connectivity index (χ3v) is 6.39. The number of thioether (sulfide) groups is 1. The SMILES string of the molecule is COc1cc(NC(=O)N2CCCSCC2CN2CCOCC2)cc(OC)c1OC. The van der Waals surface area contributed by atoms with Crippen molar-refractivity contribution in [2.75, 3.05) is 77.5 Å². The zero-order valence-corrected chi connectivity index (χ0v) is 18.3. The van der Waals surface area contributed by atoms with Crippen LogP contribution in [0.1, 0.15) is 6.42 Å². The van der Waals surface area contributed by atoms with Gasteiger partial charge in [-0.1, -0.05) is 0 Å². The van der Waals surface area contributed by atoms with Crippen molar-refractivity contribution in [1.29, 1.82) is 0 Å². The number of hydrogen-bond donors (Lipinski definition) is 1. The summed E-state index contributed by atoms with van der Waals surface area (Å²) in [6.07, 6.45) is 0.993. The number of nitrogens with zero attached hydrogens (tertiary/aromatic N) is 2. The fraction of sp³-hybridized carbons (Fsp3) is 0.650. The molecule has 9 heteroatoms. The molecule has 2 aliphatic rings. The van der Waals surface area contributed by atoms with Crippen molar-refractivity contribution < 1.29 is 23.7 Å². The van der Waals surface area contributed by atoms with E-state index in [1.165, 1.54) is 0 Å². The van der Waals surface area contributed by atoms with Crippen LogP contribution in [0.2, 0.25) is 0 Å². The quantitative estimate of drug-likeness (QED) is 0.750. The van der Waals surface area contributed by atoms with Gasteiger partial charge in [0.05, 0.1) is 46.3 Å². The van der Waals surface area contributed by atoms with E-state index >= 15 is 0 Å². The first-order valence-electron chi connectivity index (χ1n) is 9.91. The van der Waals surface area contributed by atoms with Crippen molar-refractivity contribution in [1.82, 2.24) is 9.80 Å². The summed E-state index contributed by atoms with van der Waals surface area (Å²) in [6, 6.07) is 3.58. The molecule has 0 aliphatic carbocycles. The number of urea groups is 1. The molecule has 0 bridgehead atoms. The van der Waals surface area contributed by atoms with Crippen LogP contribution in [0.25, 0.3) is 0 Å². The van der Waals surface area contributed by atoms with Crippen LogP contribution >= 0.6 is 11.8 Å². The van der Waals surface area contributed by atoms with E-state index in [1.54, 1.807) is 33.5 Å². The molecule has 1 unspecified atom stereocenters. The van der Waals surface area contributed by atoms with Gasteiger partial charge in [-0.3, -0.25) is 4.90 Å². The van der Waals surface area contributed by atoms with Crippen molar-refractivity contribution in [2.24, 2.45) is 0 Å². The summed E-state index contributed by atoms with van der Waals surface area (Å²) >= 11 is 1.92. The minimum atomic E-state index is -0.0972. The van der Waals surface area contributed by atoms with Crippen molar-refractivity contribution in [3.05, 3.63) is 12.1 Å². The average Bonchev–Trinajstić information content (AvgIpc) is 2.99. The van der Waals surface area contributed by atoms with Gasteiger partial charge in [0, 0.05) is 44.1 Å². The van der Waals surface area contributed by atoms with Crippen LogP contribution in [0.4, 0.5) is 10.5 Å². The van der Waals surface area contributed by atoms with Crippen LogP contribution in [0.3, 0.4) is 0 Å². The number of benzene rings is 1. The lowest BCUT2D eigenvalue weighted by molar-refractivity contribution is 0.0288. The molecule has 2 saturated heterocycles. The third kappa shape index (κ3) is 5.61. The molecule has 162 valence electrons. The highest BCUT2D eigenvalue weighted by atomic mass is 32.2. The predicted octanol–water partition coefficient (Wildman–Crippen LogP) is 2.38. The summed E-state index contributed by atoms with van der Waals surface area (Å²) in [6.45, 7) is 4.99. The molecule has 2 amide bonds. The number of hydrogen-bond acceptors (Lipinski definition) is 7. The second kappa shape index (κ2) is 10.8. The molecule has 2 heterocycles. The molecule has 0 radical (unpaired) electrons. The summed E-state index contributed by atoms with van der Waals surface area (Å²) in [5.41, 5.74) is 0.617. The van der Waals surface area contributed by atoms with E-state index in [0.29, 0.717) is 22.9 Å². The number of methoxy groups -OCH3 is 3. The van der Waals surface area contributed by atoms with Gasteiger partial charge in [-0.2, -0.15) is 11.8 Å². The topological polar surface area (TPSA) is 72.5 Å². The number of rotatable bonds is 6. The number of nitrogens with one attached hydrogen (secondary N) is 1. The maximum absolute atomic E-state index is 13.2. The van der Waals surface area contributed by atoms with Crippen LogP contribution in [0, 0.1) is 0 Å². The van der Waals surface area contributed by atoms with E-state index in [-0.39, 0.29) is 12.1 Å². The van der Waals surface area contributed by atoms with Crippen molar-refractivity contribution in [2.45, 2.75) is 12.5 Å². The van der Waals surface area contributed by atoms with Crippen LogP contribution in [0.15, 0.2) is 12.1 Å². The Balaban J connectivity index is 1.74. The number of carbonyl (C=O) groups is 1. The highest BCUT2D eigenvalue weighted by molar-refractivity contribution is 7.99. The lowest BCUT2D eigenvalue weighted by atomic mass is 10.2. The van der Waals surface area contributed by atoms with Crippen LogP contribution in [-0.2, 0) is 4.74 Å². The number of carbonyl (C=O) groups excluding carboxylic acids is 1. The Kier molecular flexibility index (Phi) is 8.14. The molecule has 0 spiro atoms. The van der Waals surface area contributed by atoms with Crippen LogP contribution < -0.4 is 19.5 Å². The fourth-order valence-corrected chi connectivity index (χ4v) is 4.74. The van der Waals surface area contributed by atoms with E-state index in [9.17, 15) is 4.79 Å². The zero-order valence-electron chi connectivity index (χ0n) is 17.4. The lowest BCUT2D eigenvalue weighted by Gasteiger charge is -2.35. The van der Waals surface area contributed by atoms with Gasteiger partial charge in [-0.25, -0.2) is 4.79 Å². The number of amides is 2. The maximum atomic E-state index is 13.2. The number of anilines is 1. The molecular weight excluding hydrogens is 394 g/mol. The summed E-state index contributed by atoms with van der Waals surface area (Å²) in [4.78, 5) is 17.5. The fourth-order valence-electron chi connectivity index (χ4n) is 3.68. The van der Waals surface area contributed by atoms with Gasteiger partial charge < -0.3 is 29.2 Å². The second-order valence-electron chi connectivity index (χ2n) is 7.03. The standard InChI is InChI=1S/C20H31N3O5S/c1-25-17-11-15(12-18(26-2)19(17)27-3)21-20(24)23-5-4-10-29-14-16(23)13-22-6-8-28-9-7-22/h11-12,16H,4-10,13-14H2,1-3H3,(H,21,24). The van der Waals surface area contributed by atoms with E-state index in [4.69, 9.17) is 18.9 Å². The number of morpholine rings is 1. The summed E-state index contributed by atoms with van der Waals surface area (Å²) in [7, 11) is 4.68. The van der Waals surface area contributed by atoms with Crippen molar-refractivity contribution in [3.8, 4) is 17.2 Å². The minimum Gasteiger partial charge on any atom is -0.493 e. The van der Waals surface area contributed by atoms with E-state index in [0.717, 1.165) is 57.3 Å². The van der Waals surface area contributed by atoms with Gasteiger partial charge in [0.15, 0.2) is 11.5 Å². The van der Waals surface area contributed by atoms with E-state index in [1.807, 2.05) is 16.7 Å². The molecule has 0 saturated carbocycles. The smallest absolute Gasteiger partial charge is 0.322 e. The average molecular weight is 426 g/mol. The molecule has 8 nitrogen and oxygen atoms in total. The van der Waals surface area contributed by atoms with Gasteiger partial charge in [0.2, 0.25) is 5.75 Å². The van der Waals surface area contributed by atoms with Gasteiger partial charge >= 0.3 is 6.03 Å². The monoisotopic (exact) mass is 425 g/mol. The lowest BCUT2D eigenvalue weighted by Crippen LogP contribution is -2.51. The first kappa shape index (κ1) is 21.9. The molecule has 0 aromatic heterocycles. The highest BCUT2D eigenvalue weighted by Gasteiger charge is 2.28. The molecule has 2 fully saturated rings. The highest BCUT2D eigenvalue weighted by Crippen LogP contribution is 2.40. The molecule has 1 aromatic rings. The minimum absolute atomic E-state index is 0.0972. The summed E-state index contributed by atoms with van der Waals surface area (Å²) < 4.78 is 21.6. The van der Waals surface area contributed by atoms with E-state index in [2.05, 4.69) is 10.2 Å². The van der Waals surface area contributed by atoms with E-state index < -0.39 is 0 Å². The van der Waals surface area contributed by atoms with Crippen molar-refractivity contribution in [3.63, 3.8) is 0 Å². The Morgan fingerprint density at radius 2 is 1.83 bits per heavy atom. The second-order valence-corrected chi connectivity index (χ2v) is 8.18. The Morgan fingerprint density at radius 3 is 2.45 bits per heavy atom. The van der Waals surface area contributed by atoms with Crippen LogP contribution in [0.5, 0.6) is 17.2 Å². The Hall–Kier alpha value is -1.84. The van der Waals surface area contributed by atoms with Crippen molar-refractivity contribution >= 4 is 23.5 Å². The Labute approximate surface area is 176 Å². The van der Waals surface area contributed by atoms with Gasteiger partial charge in [0.1, 0.15) is 0 Å². The Bertz CT molecular complexity index is 659. The number of ether oxygens (including phenoxy) is 4. The van der Waals surface area contributed by atoms with Gasteiger partial charge in [-0.05, 0) is 12.2 Å². The molecule has 1 atom stereocenters. The zero-order chi connectivity index (χ0) is 20.6. The predicted molar refractivity (Wildman–Crippen MR) is 115 cm³/mol. The maximum Gasteiger partial charge on any atom is 0.322 e. The van der Waals surface area contributed by atoms with Gasteiger partial charge in [0.25, 0.3) is 0 Å². The van der Waals surface area contributed by atoms with Gasteiger partial charge in [-0.15, -0.1) is 0 Å². The third-order valence-electron chi connectivity index (χ3n) is 5.19. The molecule has 3 rings (SSSR count). The summed E-state index contributed by atoms with van der Waals surface area (Å²) in [5.74, 6) is 3.55. The Morgan fingerprint density at radius 1 is 1.14 bits per heavy atom. The molecule has 29 heavy (non-hydrogen) atoms. The first-order valence-corrected chi connectivity index (χ1v) is 11.1.